The van der Waals surface area contributed by atoms with Gasteiger partial charge in [-0.25, -0.2) is 13.4 Å². The highest BCUT2D eigenvalue weighted by molar-refractivity contribution is 7.90. The normalized spacial score (nSPS) is 19.7. The van der Waals surface area contributed by atoms with Crippen LogP contribution in [-0.2, 0) is 26.9 Å². The Labute approximate surface area is 191 Å². The zero-order chi connectivity index (χ0) is 22.7. The number of anilines is 1. The molecule has 2 unspecified atom stereocenters. The number of sulfone groups is 1. The number of carbonyl (C=O) groups excluding carboxylic acids is 1. The number of morpholine rings is 1. The van der Waals surface area contributed by atoms with E-state index in [0.29, 0.717) is 17.2 Å². The number of thiazole rings is 1. The number of ether oxygens (including phenoxy) is 1. The number of aromatic nitrogens is 1. The van der Waals surface area contributed by atoms with Gasteiger partial charge in [-0.2, -0.15) is 0 Å². The van der Waals surface area contributed by atoms with Gasteiger partial charge >= 0.3 is 0 Å². The lowest BCUT2D eigenvalue weighted by atomic mass is 10.2. The summed E-state index contributed by atoms with van der Waals surface area (Å²) in [5, 5.41) is 5.07. The van der Waals surface area contributed by atoms with Gasteiger partial charge in [0.25, 0.3) is 5.91 Å². The van der Waals surface area contributed by atoms with Gasteiger partial charge in [0, 0.05) is 30.6 Å². The fraction of sp³-hybridized carbons (Fsp3) is 0.364. The first kappa shape index (κ1) is 22.7. The molecule has 170 valence electrons. The first-order valence-electron chi connectivity index (χ1n) is 10.3. The van der Waals surface area contributed by atoms with Gasteiger partial charge in [-0.3, -0.25) is 15.0 Å². The van der Waals surface area contributed by atoms with Crippen LogP contribution in [0.15, 0.2) is 57.4 Å². The second kappa shape index (κ2) is 9.53. The molecule has 32 heavy (non-hydrogen) atoms. The number of amides is 1. The molecule has 0 saturated carbocycles. The summed E-state index contributed by atoms with van der Waals surface area (Å²) in [6, 6.07) is 9.63. The fourth-order valence-corrected chi connectivity index (χ4v) is 5.87. The minimum atomic E-state index is -3.60. The molecule has 1 amide bonds. The molecule has 0 radical (unpaired) electrons. The third kappa shape index (κ3) is 5.44. The Morgan fingerprint density at radius 2 is 1.91 bits per heavy atom. The zero-order valence-electron chi connectivity index (χ0n) is 17.9. The maximum atomic E-state index is 12.7. The van der Waals surface area contributed by atoms with Crippen LogP contribution < -0.4 is 5.32 Å². The van der Waals surface area contributed by atoms with Crippen LogP contribution in [0.5, 0.6) is 0 Å². The van der Waals surface area contributed by atoms with Crippen LogP contribution in [-0.4, -0.2) is 49.5 Å². The van der Waals surface area contributed by atoms with E-state index in [2.05, 4.69) is 15.2 Å². The third-order valence-electron chi connectivity index (χ3n) is 5.05. The molecule has 1 aliphatic heterocycles. The standard InChI is InChI=1S/C22H25N3O5S2/c1-15-10-25(11-16(2)30-15)12-18-13-31-22(23-18)24-21(26)20-17(8-9-29-20)14-32(27,28)19-6-4-3-5-7-19/h3-9,13,15-16H,10-12,14H2,1-2H3,(H,23,24,26). The van der Waals surface area contributed by atoms with E-state index in [1.165, 1.54) is 35.8 Å². The molecule has 1 N–H and O–H groups in total. The van der Waals surface area contributed by atoms with Crippen LogP contribution in [0.1, 0.15) is 35.7 Å². The molecule has 1 aliphatic rings. The number of benzene rings is 1. The molecule has 1 aromatic carbocycles. The zero-order valence-corrected chi connectivity index (χ0v) is 19.5. The van der Waals surface area contributed by atoms with Crippen molar-refractivity contribution in [3.63, 3.8) is 0 Å². The highest BCUT2D eigenvalue weighted by atomic mass is 32.2. The van der Waals surface area contributed by atoms with Crippen molar-refractivity contribution >= 4 is 32.2 Å². The lowest BCUT2D eigenvalue weighted by Crippen LogP contribution is -2.44. The first-order chi connectivity index (χ1) is 15.3. The Kier molecular flexibility index (Phi) is 6.75. The van der Waals surface area contributed by atoms with Crippen LogP contribution in [0.2, 0.25) is 0 Å². The van der Waals surface area contributed by atoms with Crippen LogP contribution in [0.25, 0.3) is 0 Å². The van der Waals surface area contributed by atoms with Gasteiger partial charge in [0.15, 0.2) is 20.7 Å². The van der Waals surface area contributed by atoms with E-state index in [1.54, 1.807) is 18.2 Å². The molecule has 0 aliphatic carbocycles. The van der Waals surface area contributed by atoms with Gasteiger partial charge in [-0.1, -0.05) is 18.2 Å². The van der Waals surface area contributed by atoms with Crippen molar-refractivity contribution in [2.45, 2.75) is 43.2 Å². The van der Waals surface area contributed by atoms with Crippen molar-refractivity contribution < 1.29 is 22.4 Å². The van der Waals surface area contributed by atoms with Gasteiger partial charge in [0.1, 0.15) is 0 Å². The van der Waals surface area contributed by atoms with Crippen LogP contribution in [0.4, 0.5) is 5.13 Å². The minimum absolute atomic E-state index is 0.0305. The van der Waals surface area contributed by atoms with Gasteiger partial charge < -0.3 is 9.15 Å². The van der Waals surface area contributed by atoms with Gasteiger partial charge in [0.05, 0.1) is 34.8 Å². The Morgan fingerprint density at radius 3 is 2.62 bits per heavy atom. The van der Waals surface area contributed by atoms with Crippen molar-refractivity contribution in [3.05, 3.63) is 65.1 Å². The second-order valence-corrected chi connectivity index (χ2v) is 10.7. The monoisotopic (exact) mass is 475 g/mol. The molecule has 3 aromatic rings. The maximum absolute atomic E-state index is 12.7. The summed E-state index contributed by atoms with van der Waals surface area (Å²) in [6.45, 7) is 6.43. The highest BCUT2D eigenvalue weighted by Gasteiger charge is 2.25. The predicted molar refractivity (Wildman–Crippen MR) is 121 cm³/mol. The molecule has 0 spiro atoms. The summed E-state index contributed by atoms with van der Waals surface area (Å²) in [7, 11) is -3.60. The molecule has 0 bridgehead atoms. The molecular formula is C22H25N3O5S2. The average molecular weight is 476 g/mol. The first-order valence-corrected chi connectivity index (χ1v) is 12.8. The smallest absolute Gasteiger partial charge is 0.293 e. The number of rotatable bonds is 7. The number of nitrogens with one attached hydrogen (secondary N) is 1. The molecule has 2 atom stereocenters. The summed E-state index contributed by atoms with van der Waals surface area (Å²) in [4.78, 5) is 19.7. The Bertz CT molecular complexity index is 1160. The summed E-state index contributed by atoms with van der Waals surface area (Å²) in [5.41, 5.74) is 1.16. The van der Waals surface area contributed by atoms with Gasteiger partial charge in [-0.15, -0.1) is 11.3 Å². The predicted octanol–water partition coefficient (Wildman–Crippen LogP) is 3.57. The van der Waals surface area contributed by atoms with Crippen LogP contribution in [0, 0.1) is 0 Å². The van der Waals surface area contributed by atoms with Crippen LogP contribution >= 0.6 is 11.3 Å². The summed E-state index contributed by atoms with van der Waals surface area (Å²) >= 11 is 1.32. The van der Waals surface area contributed by atoms with E-state index in [4.69, 9.17) is 9.15 Å². The van der Waals surface area contributed by atoms with E-state index < -0.39 is 15.7 Å². The van der Waals surface area contributed by atoms with Crippen LogP contribution in [0.3, 0.4) is 0 Å². The van der Waals surface area contributed by atoms with E-state index in [1.807, 2.05) is 19.2 Å². The number of hydrogen-bond donors (Lipinski definition) is 1. The fourth-order valence-electron chi connectivity index (χ4n) is 3.80. The number of carbonyl (C=O) groups is 1. The molecular weight excluding hydrogens is 450 g/mol. The lowest BCUT2D eigenvalue weighted by Gasteiger charge is -2.34. The van der Waals surface area contributed by atoms with Crippen molar-refractivity contribution in [2.24, 2.45) is 0 Å². The Balaban J connectivity index is 1.41. The van der Waals surface area contributed by atoms with Gasteiger partial charge in [-0.05, 0) is 32.0 Å². The molecule has 4 rings (SSSR count). The van der Waals surface area contributed by atoms with Crippen molar-refractivity contribution in [3.8, 4) is 0 Å². The quantitative estimate of drug-likeness (QED) is 0.557. The Hall–Kier alpha value is -2.53. The minimum Gasteiger partial charge on any atom is -0.459 e. The second-order valence-electron chi connectivity index (χ2n) is 7.90. The van der Waals surface area contributed by atoms with Crippen molar-refractivity contribution in [1.29, 1.82) is 0 Å². The van der Waals surface area contributed by atoms with Gasteiger partial charge in [0.2, 0.25) is 0 Å². The molecule has 1 fully saturated rings. The topological polar surface area (TPSA) is 102 Å². The number of furan rings is 1. The summed E-state index contributed by atoms with van der Waals surface area (Å²) in [6.07, 6.45) is 1.65. The average Bonchev–Trinajstić information content (AvgIpc) is 3.37. The third-order valence-corrected chi connectivity index (χ3v) is 7.54. The lowest BCUT2D eigenvalue weighted by molar-refractivity contribution is -0.0707. The van der Waals surface area contributed by atoms with Crippen molar-refractivity contribution in [1.82, 2.24) is 9.88 Å². The molecule has 2 aromatic heterocycles. The SMILES string of the molecule is CC1CN(Cc2csc(NC(=O)c3occc3CS(=O)(=O)c3ccccc3)n2)CC(C)O1. The number of hydrogen-bond acceptors (Lipinski definition) is 8. The molecule has 3 heterocycles. The highest BCUT2D eigenvalue weighted by Crippen LogP contribution is 2.23. The Morgan fingerprint density at radius 1 is 1.19 bits per heavy atom. The van der Waals surface area contributed by atoms with E-state index in [0.717, 1.165) is 18.8 Å². The molecule has 10 heteroatoms. The molecule has 1 saturated heterocycles. The van der Waals surface area contributed by atoms with E-state index >= 15 is 0 Å². The maximum Gasteiger partial charge on any atom is 0.293 e. The van der Waals surface area contributed by atoms with E-state index in [-0.39, 0.29) is 28.6 Å². The summed E-state index contributed by atoms with van der Waals surface area (Å²) in [5.74, 6) is -0.882. The largest absolute Gasteiger partial charge is 0.459 e. The van der Waals surface area contributed by atoms with Crippen molar-refractivity contribution in [2.75, 3.05) is 18.4 Å². The number of nitrogens with zero attached hydrogens (tertiary/aromatic N) is 2. The van der Waals surface area contributed by atoms with E-state index in [9.17, 15) is 13.2 Å². The summed E-state index contributed by atoms with van der Waals surface area (Å²) < 4.78 is 36.4. The molecule has 8 nitrogen and oxygen atoms in total.